The van der Waals surface area contributed by atoms with Crippen LogP contribution >= 0.6 is 11.8 Å². The summed E-state index contributed by atoms with van der Waals surface area (Å²) in [5, 5.41) is 21.0. The van der Waals surface area contributed by atoms with Crippen molar-refractivity contribution in [1.82, 2.24) is 40.3 Å². The molecule has 2 aliphatic heterocycles. The number of imidazole rings is 1. The number of thioether (sulfide) groups is 1. The van der Waals surface area contributed by atoms with Gasteiger partial charge in [0.2, 0.25) is 41.4 Å². The van der Waals surface area contributed by atoms with E-state index in [0.717, 1.165) is 15.8 Å². The number of carbonyl (C=O) groups is 8. The fourth-order valence-electron chi connectivity index (χ4n) is 8.21. The number of carbonyl (C=O) groups excluding carboxylic acids is 7. The first-order chi connectivity index (χ1) is 34.8. The number of pyridine rings is 1. The summed E-state index contributed by atoms with van der Waals surface area (Å²) < 4.78 is 24.3. The summed E-state index contributed by atoms with van der Waals surface area (Å²) in [5.74, 6) is -4.54. The van der Waals surface area contributed by atoms with Gasteiger partial charge in [-0.3, -0.25) is 43.3 Å². The van der Waals surface area contributed by atoms with Crippen LogP contribution in [0.2, 0.25) is 0 Å². The molecule has 0 bridgehead atoms. The Morgan fingerprint density at radius 3 is 2.22 bits per heavy atom. The van der Waals surface area contributed by atoms with Gasteiger partial charge < -0.3 is 60.5 Å². The number of nitrogens with two attached hydrogens (primary N) is 1. The van der Waals surface area contributed by atoms with Crippen molar-refractivity contribution in [1.29, 1.82) is 0 Å². The van der Waals surface area contributed by atoms with Gasteiger partial charge in [-0.05, 0) is 50.5 Å². The third-order valence-electron chi connectivity index (χ3n) is 11.6. The van der Waals surface area contributed by atoms with Crippen LogP contribution in [0.25, 0.3) is 21.9 Å². The third-order valence-corrected chi connectivity index (χ3v) is 12.6. The van der Waals surface area contributed by atoms with Gasteiger partial charge in [-0.1, -0.05) is 52.8 Å². The van der Waals surface area contributed by atoms with Gasteiger partial charge in [0.15, 0.2) is 5.82 Å². The molecule has 24 heteroatoms. The van der Waals surface area contributed by atoms with Crippen molar-refractivity contribution in [3.63, 3.8) is 0 Å². The third kappa shape index (κ3) is 17.4. The monoisotopic (exact) mass is 1040 g/mol. The number of imide groups is 1. The Labute approximate surface area is 430 Å². The summed E-state index contributed by atoms with van der Waals surface area (Å²) in [6.45, 7) is 14.0. The smallest absolute Gasteiger partial charge is 0.305 e. The summed E-state index contributed by atoms with van der Waals surface area (Å²) in [6, 6.07) is 4.03. The van der Waals surface area contributed by atoms with E-state index >= 15 is 0 Å². The Bertz CT molecular complexity index is 2390. The molecule has 1 aromatic carbocycles. The summed E-state index contributed by atoms with van der Waals surface area (Å²) >= 11 is 1.28. The van der Waals surface area contributed by atoms with Crippen molar-refractivity contribution >= 4 is 86.8 Å². The lowest BCUT2D eigenvalue weighted by Gasteiger charge is -2.30. The molecule has 4 heterocycles. The van der Waals surface area contributed by atoms with Crippen LogP contribution in [0.5, 0.6) is 0 Å². The second-order valence-electron chi connectivity index (χ2n) is 18.8. The number of ether oxygens (including phenoxy) is 4. The summed E-state index contributed by atoms with van der Waals surface area (Å²) in [4.78, 5) is 115. The largest absolute Gasteiger partial charge is 0.481 e. The number of hydrogen-bond acceptors (Lipinski definition) is 16. The van der Waals surface area contributed by atoms with Gasteiger partial charge >= 0.3 is 5.97 Å². The van der Waals surface area contributed by atoms with Gasteiger partial charge in [-0.15, -0.1) is 0 Å². The van der Waals surface area contributed by atoms with Crippen LogP contribution in [0.15, 0.2) is 24.3 Å². The first kappa shape index (κ1) is 59.8. The van der Waals surface area contributed by atoms with Gasteiger partial charge in [0.05, 0.1) is 62.3 Å². The maximum atomic E-state index is 14.2. The molecule has 404 valence electrons. The minimum absolute atomic E-state index is 0.0488. The van der Waals surface area contributed by atoms with Gasteiger partial charge in [-0.25, -0.2) is 9.97 Å². The Kier molecular flexibility index (Phi) is 23.9. The number of benzene rings is 1. The van der Waals surface area contributed by atoms with E-state index in [2.05, 4.69) is 52.3 Å². The van der Waals surface area contributed by atoms with Crippen molar-refractivity contribution < 1.29 is 62.4 Å². The molecule has 2 aliphatic rings. The summed E-state index contributed by atoms with van der Waals surface area (Å²) in [6.07, 6.45) is 1.61. The zero-order valence-corrected chi connectivity index (χ0v) is 44.1. The average molecular weight is 1040 g/mol. The van der Waals surface area contributed by atoms with Gasteiger partial charge in [0.1, 0.15) is 42.6 Å². The number of rotatable bonds is 28. The molecule has 2 saturated heterocycles. The second kappa shape index (κ2) is 29.2. The highest BCUT2D eigenvalue weighted by molar-refractivity contribution is 8.00. The minimum Gasteiger partial charge on any atom is -0.481 e. The molecule has 0 radical (unpaired) electrons. The van der Waals surface area contributed by atoms with E-state index in [1.54, 1.807) is 20.1 Å². The normalized spacial score (nSPS) is 16.6. The lowest BCUT2D eigenvalue weighted by atomic mass is 9.96. The van der Waals surface area contributed by atoms with E-state index in [1.165, 1.54) is 23.7 Å². The molecule has 7 N–H and O–H groups in total. The van der Waals surface area contributed by atoms with Gasteiger partial charge in [0, 0.05) is 44.5 Å². The molecule has 2 unspecified atom stereocenters. The Morgan fingerprint density at radius 1 is 0.918 bits per heavy atom. The molecule has 0 spiro atoms. The van der Waals surface area contributed by atoms with E-state index in [9.17, 15) is 43.5 Å². The first-order valence-corrected chi connectivity index (χ1v) is 25.8. The summed E-state index contributed by atoms with van der Waals surface area (Å²) in [5.41, 5.74) is 6.27. The maximum absolute atomic E-state index is 14.2. The molecule has 3 aromatic rings. The predicted molar refractivity (Wildman–Crippen MR) is 273 cm³/mol. The highest BCUT2D eigenvalue weighted by Gasteiger charge is 2.41. The number of para-hydroxylation sites is 1. The highest BCUT2D eigenvalue weighted by atomic mass is 32.2. The number of aliphatic carboxylic acids is 1. The number of nitrogens with one attached hydrogen (secondary N) is 4. The fraction of sp³-hybridized carbons (Fsp3) is 0.633. The number of hydrogen-bond donors (Lipinski definition) is 6. The SMILES string of the molecule is CCOCc1nc2c(NC(=O)C(NC(=O)[C@@H]3CCCN3C(=O)[C@H](CC(=O)O)NC(=O)CCOCCOCCOCCNC(=O)CN3C(=O)CC(SC)C3=O)C(C)C)nc3ccccc3c2n1CC(C)(C)C.CN. The van der Waals surface area contributed by atoms with Crippen LogP contribution < -0.4 is 27.0 Å². The van der Waals surface area contributed by atoms with Crippen molar-refractivity contribution in [3.05, 3.63) is 30.1 Å². The Hall–Kier alpha value is -5.79. The number of anilines is 1. The minimum atomic E-state index is -1.47. The fourth-order valence-corrected chi connectivity index (χ4v) is 8.85. The highest BCUT2D eigenvalue weighted by Crippen LogP contribution is 2.33. The molecule has 4 atom stereocenters. The number of aromatic nitrogens is 3. The molecule has 2 fully saturated rings. The Balaban J connectivity index is 0.00000570. The summed E-state index contributed by atoms with van der Waals surface area (Å²) in [7, 11) is 1.50. The zero-order chi connectivity index (χ0) is 53.8. The maximum Gasteiger partial charge on any atom is 0.305 e. The number of carboxylic acids is 1. The quantitative estimate of drug-likeness (QED) is 0.0446. The predicted octanol–water partition coefficient (Wildman–Crippen LogP) is 1.82. The van der Waals surface area contributed by atoms with Crippen molar-refractivity contribution in [2.45, 2.75) is 110 Å². The number of carboxylic acid groups (broad SMARTS) is 1. The van der Waals surface area contributed by atoms with Crippen LogP contribution in [0.4, 0.5) is 5.82 Å². The second-order valence-corrected chi connectivity index (χ2v) is 19.8. The zero-order valence-electron chi connectivity index (χ0n) is 43.3. The standard InChI is InChI=1S/C48H69N9O13S.CH5N/c1-8-67-27-35-52-41-42(57(35)28-48(4,5)6)30-12-9-10-13-31(30)51-43(41)54-45(64)40(29(2)3)53-44(63)33-14-11-17-55(33)46(65)32(24-39(61)62)50-36(58)15-18-68-20-22-70-23-21-69-19-16-49-37(59)26-56-38(60)25-34(71-7)47(56)66;1-2/h9-10,12-13,29,32-34,40H,8,11,14-28H2,1-7H3,(H,49,59)(H,50,58)(H,53,63)(H,61,62)(H,51,54,64);2H2,1H3/t32-,33-,34?,40?;/m0./s1. The molecule has 0 aliphatic carbocycles. The van der Waals surface area contributed by atoms with E-state index in [-0.39, 0.29) is 108 Å². The molecule has 73 heavy (non-hydrogen) atoms. The Morgan fingerprint density at radius 2 is 1.59 bits per heavy atom. The van der Waals surface area contributed by atoms with E-state index in [0.29, 0.717) is 36.4 Å². The van der Waals surface area contributed by atoms with Crippen molar-refractivity contribution in [2.24, 2.45) is 17.1 Å². The molecule has 5 rings (SSSR count). The average Bonchev–Trinajstić information content (AvgIpc) is 4.05. The lowest BCUT2D eigenvalue weighted by molar-refractivity contribution is -0.146. The number of likely N-dealkylation sites (tertiary alicyclic amines) is 2. The lowest BCUT2D eigenvalue weighted by Crippen LogP contribution is -2.57. The van der Waals surface area contributed by atoms with Gasteiger partial charge in [0.25, 0.3) is 0 Å². The van der Waals surface area contributed by atoms with Crippen LogP contribution in [-0.4, -0.2) is 179 Å². The van der Waals surface area contributed by atoms with Gasteiger partial charge in [-0.2, -0.15) is 11.8 Å². The molecular formula is C49H74N10O13S. The first-order valence-electron chi connectivity index (χ1n) is 24.6. The molecule has 7 amide bonds. The molecule has 23 nitrogen and oxygen atoms in total. The van der Waals surface area contributed by atoms with Crippen LogP contribution in [-0.2, 0) is 70.5 Å². The van der Waals surface area contributed by atoms with Crippen LogP contribution in [0.3, 0.4) is 0 Å². The van der Waals surface area contributed by atoms with Crippen molar-refractivity contribution in [2.75, 3.05) is 84.5 Å². The van der Waals surface area contributed by atoms with Crippen molar-refractivity contribution in [3.8, 4) is 0 Å². The number of fused-ring (bicyclic) bond motifs is 3. The van der Waals surface area contributed by atoms with Crippen LogP contribution in [0.1, 0.15) is 79.5 Å². The molecule has 0 saturated carbocycles. The topological polar surface area (TPSA) is 305 Å². The molecule has 2 aromatic heterocycles. The van der Waals surface area contributed by atoms with E-state index in [1.807, 2.05) is 31.2 Å². The van der Waals surface area contributed by atoms with Crippen LogP contribution in [0, 0.1) is 11.3 Å². The van der Waals surface area contributed by atoms with E-state index in [4.69, 9.17) is 28.9 Å². The number of nitrogens with zero attached hydrogens (tertiary/aromatic N) is 5. The number of amides is 7. The molecular weight excluding hydrogens is 969 g/mol. The van der Waals surface area contributed by atoms with E-state index < -0.39 is 71.2 Å².